The van der Waals surface area contributed by atoms with Crippen molar-refractivity contribution in [3.8, 4) is 0 Å². The number of aliphatic hydroxyl groups excluding tert-OH is 1. The van der Waals surface area contributed by atoms with E-state index in [1.165, 1.54) is 4.90 Å². The minimum absolute atomic E-state index is 0.0789. The molecule has 4 atom stereocenters. The molecule has 0 aromatic carbocycles. The lowest BCUT2D eigenvalue weighted by atomic mass is 9.77. The second-order valence-corrected chi connectivity index (χ2v) is 6.20. The van der Waals surface area contributed by atoms with E-state index in [2.05, 4.69) is 9.98 Å². The number of nitrogens with zero attached hydrogens (tertiary/aromatic N) is 4. The Morgan fingerprint density at radius 3 is 2.71 bits per heavy atom. The van der Waals surface area contributed by atoms with Gasteiger partial charge >= 0.3 is 6.09 Å². The molecule has 3 heterocycles. The number of amides is 1. The molecule has 1 spiro atoms. The molecular formula is C13H23N7O4. The van der Waals surface area contributed by atoms with Gasteiger partial charge in [0.05, 0.1) is 0 Å². The number of aliphatic imine (C=N–C) groups is 2. The molecule has 1 fully saturated rings. The van der Waals surface area contributed by atoms with Crippen molar-refractivity contribution in [2.75, 3.05) is 19.9 Å². The highest BCUT2D eigenvalue weighted by Gasteiger charge is 2.71. The third-order valence-corrected chi connectivity index (χ3v) is 5.28. The molecule has 3 rings (SSSR count). The van der Waals surface area contributed by atoms with Gasteiger partial charge in [0.2, 0.25) is 0 Å². The summed E-state index contributed by atoms with van der Waals surface area (Å²) in [5.74, 6) is 0.257. The van der Waals surface area contributed by atoms with Crippen LogP contribution in [0.15, 0.2) is 9.98 Å². The molecular weight excluding hydrogens is 318 g/mol. The van der Waals surface area contributed by atoms with Crippen LogP contribution in [0.5, 0.6) is 0 Å². The van der Waals surface area contributed by atoms with E-state index < -0.39 is 36.2 Å². The first kappa shape index (κ1) is 16.6. The SMILES string of the molecule is CCC1(O)CCN2C(N)=NC(COC(N)=O)C3N=C(N)N(CO)C321. The summed E-state index contributed by atoms with van der Waals surface area (Å²) in [5, 5.41) is 21.2. The van der Waals surface area contributed by atoms with E-state index in [-0.39, 0.29) is 18.5 Å². The summed E-state index contributed by atoms with van der Waals surface area (Å²) in [7, 11) is 0. The number of carbonyl (C=O) groups excluding carboxylic acids is 1. The first-order valence-electron chi connectivity index (χ1n) is 7.79. The van der Waals surface area contributed by atoms with Gasteiger partial charge in [-0.15, -0.1) is 0 Å². The summed E-state index contributed by atoms with van der Waals surface area (Å²) in [6, 6.07) is -1.33. The van der Waals surface area contributed by atoms with E-state index in [0.29, 0.717) is 19.4 Å². The van der Waals surface area contributed by atoms with Crippen LogP contribution in [0.3, 0.4) is 0 Å². The highest BCUT2D eigenvalue weighted by atomic mass is 16.5. The molecule has 134 valence electrons. The quantitative estimate of drug-likeness (QED) is 0.366. The second-order valence-electron chi connectivity index (χ2n) is 6.20. The van der Waals surface area contributed by atoms with E-state index >= 15 is 0 Å². The highest BCUT2D eigenvalue weighted by Crippen LogP contribution is 2.51. The summed E-state index contributed by atoms with van der Waals surface area (Å²) in [6.07, 6.45) is -0.124. The molecule has 24 heavy (non-hydrogen) atoms. The van der Waals surface area contributed by atoms with Crippen molar-refractivity contribution in [2.45, 2.75) is 43.1 Å². The van der Waals surface area contributed by atoms with Crippen molar-refractivity contribution in [3.63, 3.8) is 0 Å². The van der Waals surface area contributed by atoms with Crippen LogP contribution in [-0.2, 0) is 4.74 Å². The number of carbonyl (C=O) groups is 1. The standard InChI is InChI=1S/C13H23N7O4/c1-2-12(23)3-4-19-9(14)17-7(5-24-11(16)22)8-13(12,19)20(6-21)10(15)18-8/h7-8,21,23H,2-6H2,1H3,(H2,14,17)(H2,15,18)(H2,16,22). The van der Waals surface area contributed by atoms with Crippen LogP contribution in [0.2, 0.25) is 0 Å². The van der Waals surface area contributed by atoms with Crippen molar-refractivity contribution in [3.05, 3.63) is 0 Å². The molecule has 0 saturated carbocycles. The molecule has 1 saturated heterocycles. The molecule has 0 aromatic heterocycles. The summed E-state index contributed by atoms with van der Waals surface area (Å²) < 4.78 is 4.87. The Kier molecular flexibility index (Phi) is 3.72. The maximum Gasteiger partial charge on any atom is 0.404 e. The van der Waals surface area contributed by atoms with Crippen LogP contribution < -0.4 is 17.2 Å². The molecule has 0 aromatic rings. The predicted molar refractivity (Wildman–Crippen MR) is 84.6 cm³/mol. The zero-order valence-corrected chi connectivity index (χ0v) is 13.4. The van der Waals surface area contributed by atoms with Gasteiger partial charge in [0, 0.05) is 6.54 Å². The van der Waals surface area contributed by atoms with E-state index in [1.54, 1.807) is 4.90 Å². The minimum Gasteiger partial charge on any atom is -0.447 e. The van der Waals surface area contributed by atoms with Gasteiger partial charge in [-0.3, -0.25) is 4.90 Å². The number of hydrogen-bond donors (Lipinski definition) is 5. The zero-order chi connectivity index (χ0) is 17.7. The van der Waals surface area contributed by atoms with Gasteiger partial charge in [0.25, 0.3) is 0 Å². The van der Waals surface area contributed by atoms with E-state index in [1.807, 2.05) is 6.92 Å². The lowest BCUT2D eigenvalue weighted by Gasteiger charge is -2.54. The minimum atomic E-state index is -1.23. The number of ether oxygens (including phenoxy) is 1. The van der Waals surface area contributed by atoms with Crippen LogP contribution in [0.1, 0.15) is 19.8 Å². The molecule has 0 radical (unpaired) electrons. The maximum absolute atomic E-state index is 11.3. The lowest BCUT2D eigenvalue weighted by molar-refractivity contribution is -0.141. The number of guanidine groups is 2. The summed E-state index contributed by atoms with van der Waals surface area (Å²) in [5.41, 5.74) is 14.7. The Hall–Kier alpha value is -2.27. The van der Waals surface area contributed by atoms with Crippen LogP contribution in [0.25, 0.3) is 0 Å². The first-order chi connectivity index (χ1) is 11.3. The summed E-state index contributed by atoms with van der Waals surface area (Å²) >= 11 is 0. The van der Waals surface area contributed by atoms with Crippen molar-refractivity contribution in [1.29, 1.82) is 0 Å². The fourth-order valence-electron chi connectivity index (χ4n) is 4.24. The number of rotatable bonds is 4. The molecule has 0 bridgehead atoms. The lowest BCUT2D eigenvalue weighted by Crippen LogP contribution is -2.77. The van der Waals surface area contributed by atoms with E-state index in [0.717, 1.165) is 0 Å². The van der Waals surface area contributed by atoms with Crippen molar-refractivity contribution in [1.82, 2.24) is 9.80 Å². The predicted octanol–water partition coefficient (Wildman–Crippen LogP) is -2.73. The normalized spacial score (nSPS) is 37.6. The molecule has 3 aliphatic rings. The first-order valence-corrected chi connectivity index (χ1v) is 7.79. The molecule has 0 aliphatic carbocycles. The Morgan fingerprint density at radius 1 is 1.42 bits per heavy atom. The zero-order valence-electron chi connectivity index (χ0n) is 13.4. The van der Waals surface area contributed by atoms with Crippen LogP contribution >= 0.6 is 0 Å². The average Bonchev–Trinajstić information content (AvgIpc) is 3.01. The van der Waals surface area contributed by atoms with Gasteiger partial charge in [0.1, 0.15) is 31.0 Å². The Labute approximate surface area is 138 Å². The van der Waals surface area contributed by atoms with Crippen LogP contribution in [0.4, 0.5) is 4.79 Å². The molecule has 4 unspecified atom stereocenters. The third-order valence-electron chi connectivity index (χ3n) is 5.28. The van der Waals surface area contributed by atoms with E-state index in [9.17, 15) is 15.0 Å². The smallest absolute Gasteiger partial charge is 0.404 e. The van der Waals surface area contributed by atoms with Gasteiger partial charge in [-0.25, -0.2) is 14.8 Å². The van der Waals surface area contributed by atoms with Gasteiger partial charge in [-0.05, 0) is 12.8 Å². The van der Waals surface area contributed by atoms with Crippen molar-refractivity contribution < 1.29 is 19.7 Å². The fraction of sp³-hybridized carbons (Fsp3) is 0.769. The molecule has 1 amide bonds. The second kappa shape index (κ2) is 5.38. The Balaban J connectivity index is 2.11. The Bertz CT molecular complexity index is 611. The number of aliphatic hydroxyl groups is 2. The van der Waals surface area contributed by atoms with E-state index in [4.69, 9.17) is 21.9 Å². The molecule has 11 heteroatoms. The number of hydrogen-bond acceptors (Lipinski definition) is 10. The molecule has 11 nitrogen and oxygen atoms in total. The summed E-state index contributed by atoms with van der Waals surface area (Å²) in [6.45, 7) is 1.70. The molecule has 3 aliphatic heterocycles. The summed E-state index contributed by atoms with van der Waals surface area (Å²) in [4.78, 5) is 22.9. The van der Waals surface area contributed by atoms with Crippen LogP contribution in [-0.4, -0.2) is 81.3 Å². The van der Waals surface area contributed by atoms with Gasteiger partial charge in [-0.1, -0.05) is 6.92 Å². The van der Waals surface area contributed by atoms with Crippen molar-refractivity contribution in [2.24, 2.45) is 27.2 Å². The van der Waals surface area contributed by atoms with Crippen molar-refractivity contribution >= 4 is 18.0 Å². The largest absolute Gasteiger partial charge is 0.447 e. The third kappa shape index (κ3) is 1.88. The van der Waals surface area contributed by atoms with Crippen LogP contribution in [0, 0.1) is 0 Å². The number of nitrogens with two attached hydrogens (primary N) is 3. The van der Waals surface area contributed by atoms with Gasteiger partial charge < -0.3 is 37.1 Å². The number of primary amides is 1. The maximum atomic E-state index is 11.3. The average molecular weight is 341 g/mol. The monoisotopic (exact) mass is 341 g/mol. The molecule has 8 N–H and O–H groups in total. The topological polar surface area (TPSA) is 176 Å². The highest BCUT2D eigenvalue weighted by molar-refractivity contribution is 5.87. The van der Waals surface area contributed by atoms with Gasteiger partial charge in [-0.2, -0.15) is 0 Å². The Morgan fingerprint density at radius 2 is 2.12 bits per heavy atom. The fourth-order valence-corrected chi connectivity index (χ4v) is 4.24. The van der Waals surface area contributed by atoms with Gasteiger partial charge in [0.15, 0.2) is 17.6 Å².